The Hall–Kier alpha value is -0.670. The highest BCUT2D eigenvalue weighted by molar-refractivity contribution is 7.99. The molecule has 3 heteroatoms. The maximum Gasteiger partial charge on any atom is 0.0880 e. The second-order valence-corrected chi connectivity index (χ2v) is 4.41. The Bertz CT molecular complexity index is 260. The van der Waals surface area contributed by atoms with Gasteiger partial charge in [-0.3, -0.25) is 0 Å². The molecule has 0 fully saturated rings. The van der Waals surface area contributed by atoms with Crippen molar-refractivity contribution in [3.63, 3.8) is 0 Å². The van der Waals surface area contributed by atoms with Crippen LogP contribution in [0.15, 0.2) is 24.3 Å². The highest BCUT2D eigenvalue weighted by atomic mass is 32.2. The van der Waals surface area contributed by atoms with Crippen LogP contribution in [0.3, 0.4) is 0 Å². The van der Waals surface area contributed by atoms with Crippen molar-refractivity contribution >= 4 is 17.4 Å². The molecule has 1 atom stereocenters. The number of aliphatic hydroxyl groups excluding tert-OH is 1. The summed E-state index contributed by atoms with van der Waals surface area (Å²) >= 11 is 1.78. The third-order valence-electron chi connectivity index (χ3n) is 1.95. The molecule has 0 aromatic heterocycles. The molecule has 0 saturated heterocycles. The van der Waals surface area contributed by atoms with Gasteiger partial charge in [-0.15, -0.1) is 0 Å². The molecule has 14 heavy (non-hydrogen) atoms. The second-order valence-electron chi connectivity index (χ2n) is 3.26. The number of anilines is 1. The first kappa shape index (κ1) is 11.4. The van der Waals surface area contributed by atoms with Gasteiger partial charge >= 0.3 is 0 Å². The summed E-state index contributed by atoms with van der Waals surface area (Å²) in [5.74, 6) is 1.86. The molecule has 0 radical (unpaired) electrons. The first-order valence-electron chi connectivity index (χ1n) is 4.85. The number of thioether (sulfide) groups is 1. The summed E-state index contributed by atoms with van der Waals surface area (Å²) in [5.41, 5.74) is 7.25. The van der Waals surface area contributed by atoms with Gasteiger partial charge in [0, 0.05) is 11.4 Å². The van der Waals surface area contributed by atoms with E-state index in [4.69, 9.17) is 5.73 Å². The number of benzene rings is 1. The summed E-state index contributed by atoms with van der Waals surface area (Å²) in [7, 11) is 0. The number of nitrogen functional groups attached to an aromatic ring is 1. The monoisotopic (exact) mass is 211 g/mol. The number of hydrogen-bond acceptors (Lipinski definition) is 3. The molecular formula is C11H17NOS. The molecule has 2 nitrogen and oxygen atoms in total. The average molecular weight is 211 g/mol. The van der Waals surface area contributed by atoms with Crippen LogP contribution in [0.25, 0.3) is 0 Å². The van der Waals surface area contributed by atoms with E-state index in [1.165, 1.54) is 0 Å². The Morgan fingerprint density at radius 2 is 2.00 bits per heavy atom. The van der Waals surface area contributed by atoms with Crippen LogP contribution >= 0.6 is 11.8 Å². The largest absolute Gasteiger partial charge is 0.399 e. The molecule has 1 aromatic carbocycles. The Morgan fingerprint density at radius 3 is 2.57 bits per heavy atom. The fourth-order valence-electron chi connectivity index (χ4n) is 1.15. The highest BCUT2D eigenvalue weighted by Crippen LogP contribution is 2.19. The number of nitrogens with two attached hydrogens (primary N) is 1. The van der Waals surface area contributed by atoms with Gasteiger partial charge in [0.1, 0.15) is 0 Å². The SMILES string of the molecule is CCCSCC(O)c1ccc(N)cc1. The first-order chi connectivity index (χ1) is 6.74. The van der Waals surface area contributed by atoms with Crippen molar-refractivity contribution in [2.24, 2.45) is 0 Å². The molecule has 1 rings (SSSR count). The Balaban J connectivity index is 2.43. The lowest BCUT2D eigenvalue weighted by Crippen LogP contribution is -2.01. The third kappa shape index (κ3) is 3.60. The third-order valence-corrected chi connectivity index (χ3v) is 3.19. The van der Waals surface area contributed by atoms with E-state index in [9.17, 15) is 5.11 Å². The van der Waals surface area contributed by atoms with Gasteiger partial charge in [0.2, 0.25) is 0 Å². The highest BCUT2D eigenvalue weighted by Gasteiger charge is 2.06. The van der Waals surface area contributed by atoms with Crippen molar-refractivity contribution in [1.82, 2.24) is 0 Å². The molecule has 0 bridgehead atoms. The standard InChI is InChI=1S/C11H17NOS/c1-2-7-14-8-11(13)9-3-5-10(12)6-4-9/h3-6,11,13H,2,7-8,12H2,1H3. The van der Waals surface area contributed by atoms with Crippen molar-refractivity contribution in [2.45, 2.75) is 19.4 Å². The van der Waals surface area contributed by atoms with E-state index in [2.05, 4.69) is 6.92 Å². The Labute approximate surface area is 89.5 Å². The van der Waals surface area contributed by atoms with E-state index in [1.807, 2.05) is 24.3 Å². The molecule has 1 unspecified atom stereocenters. The van der Waals surface area contributed by atoms with Crippen LogP contribution in [-0.4, -0.2) is 16.6 Å². The zero-order valence-electron chi connectivity index (χ0n) is 8.44. The molecule has 0 aliphatic rings. The maximum absolute atomic E-state index is 9.78. The van der Waals surface area contributed by atoms with Crippen LogP contribution in [0, 0.1) is 0 Å². The summed E-state index contributed by atoms with van der Waals surface area (Å²) in [4.78, 5) is 0. The van der Waals surface area contributed by atoms with E-state index in [0.29, 0.717) is 0 Å². The molecule has 1 aromatic rings. The molecule has 0 heterocycles. The minimum atomic E-state index is -0.368. The van der Waals surface area contributed by atoms with Crippen LogP contribution in [0.1, 0.15) is 25.0 Å². The van der Waals surface area contributed by atoms with Crippen LogP contribution < -0.4 is 5.73 Å². The molecule has 0 saturated carbocycles. The minimum Gasteiger partial charge on any atom is -0.399 e. The molecule has 0 aliphatic heterocycles. The van der Waals surface area contributed by atoms with Gasteiger partial charge < -0.3 is 10.8 Å². The second kappa shape index (κ2) is 5.94. The summed E-state index contributed by atoms with van der Waals surface area (Å²) in [6.07, 6.45) is 0.784. The first-order valence-corrected chi connectivity index (χ1v) is 6.00. The van der Waals surface area contributed by atoms with Crippen molar-refractivity contribution in [3.05, 3.63) is 29.8 Å². The molecule has 78 valence electrons. The van der Waals surface area contributed by atoms with Crippen LogP contribution in [-0.2, 0) is 0 Å². The van der Waals surface area contributed by atoms with Gasteiger partial charge in [0.15, 0.2) is 0 Å². The van der Waals surface area contributed by atoms with Gasteiger partial charge in [0.05, 0.1) is 6.10 Å². The van der Waals surface area contributed by atoms with E-state index in [1.54, 1.807) is 11.8 Å². The van der Waals surface area contributed by atoms with Crippen molar-refractivity contribution < 1.29 is 5.11 Å². The number of hydrogen-bond donors (Lipinski definition) is 2. The zero-order valence-corrected chi connectivity index (χ0v) is 9.26. The summed E-state index contributed by atoms with van der Waals surface area (Å²) in [6, 6.07) is 7.41. The summed E-state index contributed by atoms with van der Waals surface area (Å²) in [6.45, 7) is 2.14. The van der Waals surface area contributed by atoms with Crippen LogP contribution in [0.2, 0.25) is 0 Å². The lowest BCUT2D eigenvalue weighted by molar-refractivity contribution is 0.204. The lowest BCUT2D eigenvalue weighted by Gasteiger charge is -2.10. The molecule has 0 spiro atoms. The number of rotatable bonds is 5. The lowest BCUT2D eigenvalue weighted by atomic mass is 10.1. The quantitative estimate of drug-likeness (QED) is 0.581. The van der Waals surface area contributed by atoms with E-state index >= 15 is 0 Å². The van der Waals surface area contributed by atoms with E-state index < -0.39 is 0 Å². The van der Waals surface area contributed by atoms with Gasteiger partial charge in [-0.25, -0.2) is 0 Å². The molecule has 0 amide bonds. The van der Waals surface area contributed by atoms with Crippen molar-refractivity contribution in [3.8, 4) is 0 Å². The average Bonchev–Trinajstić information content (AvgIpc) is 2.19. The zero-order chi connectivity index (χ0) is 10.4. The van der Waals surface area contributed by atoms with Gasteiger partial charge in [0.25, 0.3) is 0 Å². The smallest absolute Gasteiger partial charge is 0.0880 e. The predicted molar refractivity (Wildman–Crippen MR) is 63.4 cm³/mol. The molecular weight excluding hydrogens is 194 g/mol. The number of aliphatic hydroxyl groups is 1. The fourth-order valence-corrected chi connectivity index (χ4v) is 2.02. The fraction of sp³-hybridized carbons (Fsp3) is 0.455. The minimum absolute atomic E-state index is 0.368. The van der Waals surface area contributed by atoms with Gasteiger partial charge in [-0.1, -0.05) is 19.1 Å². The van der Waals surface area contributed by atoms with Gasteiger partial charge in [-0.05, 0) is 29.9 Å². The topological polar surface area (TPSA) is 46.2 Å². The molecule has 3 N–H and O–H groups in total. The van der Waals surface area contributed by atoms with E-state index in [-0.39, 0.29) is 6.10 Å². The Morgan fingerprint density at radius 1 is 1.36 bits per heavy atom. The van der Waals surface area contributed by atoms with Crippen LogP contribution in [0.5, 0.6) is 0 Å². The Kier molecular flexibility index (Phi) is 4.84. The van der Waals surface area contributed by atoms with Crippen LogP contribution in [0.4, 0.5) is 5.69 Å². The predicted octanol–water partition coefficient (Wildman–Crippen LogP) is 2.45. The van der Waals surface area contributed by atoms with Crippen molar-refractivity contribution in [2.75, 3.05) is 17.2 Å². The maximum atomic E-state index is 9.78. The van der Waals surface area contributed by atoms with Crippen molar-refractivity contribution in [1.29, 1.82) is 0 Å². The molecule has 0 aliphatic carbocycles. The van der Waals surface area contributed by atoms with E-state index in [0.717, 1.165) is 29.2 Å². The summed E-state index contributed by atoms with van der Waals surface area (Å²) < 4.78 is 0. The summed E-state index contributed by atoms with van der Waals surface area (Å²) in [5, 5.41) is 9.78. The van der Waals surface area contributed by atoms with Gasteiger partial charge in [-0.2, -0.15) is 11.8 Å². The normalized spacial score (nSPS) is 12.7.